The Bertz CT molecular complexity index is 549. The molecule has 0 aliphatic carbocycles. The van der Waals surface area contributed by atoms with E-state index in [0.717, 1.165) is 24.0 Å². The van der Waals surface area contributed by atoms with Gasteiger partial charge in [0.25, 0.3) is 0 Å². The molecular weight excluding hydrogens is 198 g/mol. The van der Waals surface area contributed by atoms with Crippen LogP contribution in [0.3, 0.4) is 0 Å². The van der Waals surface area contributed by atoms with E-state index in [1.807, 2.05) is 24.3 Å². The van der Waals surface area contributed by atoms with Crippen LogP contribution in [0.5, 0.6) is 0 Å². The highest BCUT2D eigenvalue weighted by molar-refractivity contribution is 5.85. The Morgan fingerprint density at radius 2 is 2.12 bits per heavy atom. The molecule has 0 unspecified atom stereocenters. The molecule has 2 heteroatoms. The van der Waals surface area contributed by atoms with Crippen molar-refractivity contribution in [3.8, 4) is 0 Å². The average molecular weight is 211 g/mol. The predicted molar refractivity (Wildman–Crippen MR) is 67.2 cm³/mol. The summed E-state index contributed by atoms with van der Waals surface area (Å²) in [6.07, 6.45) is 5.96. The van der Waals surface area contributed by atoms with Gasteiger partial charge < -0.3 is 4.57 Å². The fourth-order valence-electron chi connectivity index (χ4n) is 1.84. The van der Waals surface area contributed by atoms with Crippen LogP contribution in [0.1, 0.15) is 5.69 Å². The number of carbonyl (C=O) groups excluding carboxylic acids is 1. The minimum atomic E-state index is 0.742. The predicted octanol–water partition coefficient (Wildman–Crippen LogP) is 3.04. The number of nitrogens with zero attached hydrogens (tertiary/aromatic N) is 1. The average Bonchev–Trinajstić information content (AvgIpc) is 2.66. The lowest BCUT2D eigenvalue weighted by molar-refractivity contribution is -0.104. The molecule has 0 aliphatic heterocycles. The summed E-state index contributed by atoms with van der Waals surface area (Å²) >= 11 is 0. The fraction of sp³-hybridized carbons (Fsp3) is 0.0714. The molecule has 2 rings (SSSR count). The molecule has 0 saturated heterocycles. The van der Waals surface area contributed by atoms with Crippen molar-refractivity contribution in [3.63, 3.8) is 0 Å². The van der Waals surface area contributed by atoms with E-state index in [-0.39, 0.29) is 0 Å². The number of allylic oxidation sites excluding steroid dienone is 2. The maximum Gasteiger partial charge on any atom is 0.142 e. The number of benzene rings is 1. The van der Waals surface area contributed by atoms with E-state index in [0.29, 0.717) is 0 Å². The molecule has 0 atom stereocenters. The van der Waals surface area contributed by atoms with E-state index >= 15 is 0 Å². The molecule has 0 amide bonds. The zero-order valence-electron chi connectivity index (χ0n) is 8.97. The maximum absolute atomic E-state index is 10.3. The van der Waals surface area contributed by atoms with Gasteiger partial charge in [0.15, 0.2) is 0 Å². The van der Waals surface area contributed by atoms with Crippen molar-refractivity contribution in [3.05, 3.63) is 54.8 Å². The number of hydrogen-bond donors (Lipinski definition) is 0. The number of aldehydes is 1. The summed E-state index contributed by atoms with van der Waals surface area (Å²) in [4.78, 5) is 10.3. The molecule has 16 heavy (non-hydrogen) atoms. The molecule has 0 N–H and O–H groups in total. The number of aromatic nitrogens is 1. The second kappa shape index (κ2) is 4.62. The number of carbonyl (C=O) groups is 1. The zero-order chi connectivity index (χ0) is 11.4. The van der Waals surface area contributed by atoms with E-state index in [2.05, 4.69) is 29.3 Å². The van der Waals surface area contributed by atoms with Gasteiger partial charge in [-0.25, -0.2) is 0 Å². The van der Waals surface area contributed by atoms with Crippen LogP contribution in [-0.2, 0) is 11.3 Å². The molecule has 1 aromatic heterocycles. The Morgan fingerprint density at radius 1 is 1.31 bits per heavy atom. The SMILES string of the molecule is C=CCn1c(C=CC=O)cc2ccccc21. The van der Waals surface area contributed by atoms with E-state index in [4.69, 9.17) is 0 Å². The highest BCUT2D eigenvalue weighted by Crippen LogP contribution is 2.20. The van der Waals surface area contributed by atoms with Crippen LogP contribution < -0.4 is 0 Å². The largest absolute Gasteiger partial charge is 0.337 e. The van der Waals surface area contributed by atoms with Gasteiger partial charge in [-0.3, -0.25) is 4.79 Å². The Labute approximate surface area is 94.5 Å². The van der Waals surface area contributed by atoms with E-state index in [1.165, 1.54) is 11.5 Å². The summed E-state index contributed by atoms with van der Waals surface area (Å²) in [7, 11) is 0. The molecule has 2 nitrogen and oxygen atoms in total. The van der Waals surface area contributed by atoms with Gasteiger partial charge in [0, 0.05) is 23.1 Å². The van der Waals surface area contributed by atoms with Crippen LogP contribution in [0.4, 0.5) is 0 Å². The number of hydrogen-bond acceptors (Lipinski definition) is 1. The second-order valence-electron chi connectivity index (χ2n) is 3.52. The Morgan fingerprint density at radius 3 is 2.88 bits per heavy atom. The summed E-state index contributed by atoms with van der Waals surface area (Å²) in [5, 5.41) is 1.18. The molecular formula is C14H13NO. The summed E-state index contributed by atoms with van der Waals surface area (Å²) in [6.45, 7) is 4.49. The van der Waals surface area contributed by atoms with Crippen molar-refractivity contribution in [1.82, 2.24) is 4.57 Å². The van der Waals surface area contributed by atoms with Gasteiger partial charge >= 0.3 is 0 Å². The Kier molecular flexibility index (Phi) is 3.01. The summed E-state index contributed by atoms with van der Waals surface area (Å²) in [6, 6.07) is 10.2. The second-order valence-corrected chi connectivity index (χ2v) is 3.52. The fourth-order valence-corrected chi connectivity index (χ4v) is 1.84. The lowest BCUT2D eigenvalue weighted by Crippen LogP contribution is -1.96. The summed E-state index contributed by atoms with van der Waals surface area (Å²) < 4.78 is 2.13. The molecule has 0 fully saturated rings. The number of para-hydroxylation sites is 1. The van der Waals surface area contributed by atoms with Crippen LogP contribution in [-0.4, -0.2) is 10.9 Å². The van der Waals surface area contributed by atoms with Crippen molar-refractivity contribution in [2.24, 2.45) is 0 Å². The van der Waals surface area contributed by atoms with Gasteiger partial charge in [-0.1, -0.05) is 24.3 Å². The highest BCUT2D eigenvalue weighted by atomic mass is 16.1. The molecule has 0 aliphatic rings. The molecule has 0 saturated carbocycles. The van der Waals surface area contributed by atoms with E-state index in [9.17, 15) is 4.79 Å². The summed E-state index contributed by atoms with van der Waals surface area (Å²) in [5.41, 5.74) is 2.18. The van der Waals surface area contributed by atoms with Gasteiger partial charge in [0.05, 0.1) is 0 Å². The molecule has 1 aromatic carbocycles. The normalized spacial score (nSPS) is 11.0. The van der Waals surface area contributed by atoms with Crippen LogP contribution in [0.25, 0.3) is 17.0 Å². The first-order valence-corrected chi connectivity index (χ1v) is 5.18. The van der Waals surface area contributed by atoms with Gasteiger partial charge in [-0.2, -0.15) is 0 Å². The number of fused-ring (bicyclic) bond motifs is 1. The Balaban J connectivity index is 2.62. The van der Waals surface area contributed by atoms with Gasteiger partial charge in [-0.05, 0) is 24.3 Å². The third-order valence-corrected chi connectivity index (χ3v) is 2.50. The third-order valence-electron chi connectivity index (χ3n) is 2.50. The molecule has 0 spiro atoms. The first-order chi connectivity index (χ1) is 7.86. The van der Waals surface area contributed by atoms with E-state index in [1.54, 1.807) is 0 Å². The minimum Gasteiger partial charge on any atom is -0.337 e. The van der Waals surface area contributed by atoms with Crippen molar-refractivity contribution in [2.45, 2.75) is 6.54 Å². The van der Waals surface area contributed by atoms with Gasteiger partial charge in [0.1, 0.15) is 6.29 Å². The van der Waals surface area contributed by atoms with Crippen LogP contribution in [0, 0.1) is 0 Å². The van der Waals surface area contributed by atoms with Crippen molar-refractivity contribution >= 4 is 23.3 Å². The van der Waals surface area contributed by atoms with E-state index < -0.39 is 0 Å². The monoisotopic (exact) mass is 211 g/mol. The standard InChI is InChI=1S/C14H13NO/c1-2-9-15-13(7-5-10-16)11-12-6-3-4-8-14(12)15/h2-8,10-11H,1,9H2. The van der Waals surface area contributed by atoms with Crippen LogP contribution >= 0.6 is 0 Å². The summed E-state index contributed by atoms with van der Waals surface area (Å²) in [5.74, 6) is 0. The highest BCUT2D eigenvalue weighted by Gasteiger charge is 2.03. The smallest absolute Gasteiger partial charge is 0.142 e. The molecule has 80 valence electrons. The topological polar surface area (TPSA) is 22.0 Å². The lowest BCUT2D eigenvalue weighted by atomic mass is 10.2. The van der Waals surface area contributed by atoms with Crippen molar-refractivity contribution in [2.75, 3.05) is 0 Å². The van der Waals surface area contributed by atoms with Gasteiger partial charge in [0.2, 0.25) is 0 Å². The van der Waals surface area contributed by atoms with Crippen molar-refractivity contribution in [1.29, 1.82) is 0 Å². The Hall–Kier alpha value is -2.09. The first kappa shape index (κ1) is 10.4. The third kappa shape index (κ3) is 1.82. The quantitative estimate of drug-likeness (QED) is 0.433. The van der Waals surface area contributed by atoms with Crippen molar-refractivity contribution < 1.29 is 4.79 Å². The molecule has 2 aromatic rings. The number of rotatable bonds is 4. The van der Waals surface area contributed by atoms with Crippen LogP contribution in [0.15, 0.2) is 49.1 Å². The lowest BCUT2D eigenvalue weighted by Gasteiger charge is -2.04. The zero-order valence-corrected chi connectivity index (χ0v) is 8.97. The van der Waals surface area contributed by atoms with Crippen LogP contribution in [0.2, 0.25) is 0 Å². The molecule has 0 radical (unpaired) electrons. The molecule has 1 heterocycles. The van der Waals surface area contributed by atoms with Gasteiger partial charge in [-0.15, -0.1) is 6.58 Å². The molecule has 0 bridgehead atoms. The minimum absolute atomic E-state index is 0.742. The first-order valence-electron chi connectivity index (χ1n) is 5.18. The maximum atomic E-state index is 10.3.